The van der Waals surface area contributed by atoms with Gasteiger partial charge < -0.3 is 5.32 Å². The van der Waals surface area contributed by atoms with E-state index in [2.05, 4.69) is 44.4 Å². The van der Waals surface area contributed by atoms with Gasteiger partial charge in [-0.3, -0.25) is 10.1 Å². The maximum atomic E-state index is 12.0. The van der Waals surface area contributed by atoms with Crippen LogP contribution in [0.15, 0.2) is 6.07 Å². The fraction of sp³-hybridized carbons (Fsp3) is 0.533. The van der Waals surface area contributed by atoms with Gasteiger partial charge >= 0.3 is 0 Å². The van der Waals surface area contributed by atoms with Crippen LogP contribution in [0.2, 0.25) is 0 Å². The van der Waals surface area contributed by atoms with E-state index in [1.807, 2.05) is 0 Å². The molecule has 0 aromatic heterocycles. The lowest BCUT2D eigenvalue weighted by Gasteiger charge is -2.17. The first kappa shape index (κ1) is 14.4. The van der Waals surface area contributed by atoms with Crippen molar-refractivity contribution in [1.29, 1.82) is 0 Å². The van der Waals surface area contributed by atoms with Gasteiger partial charge in [0, 0.05) is 18.2 Å². The number of thioether (sulfide) groups is 1. The van der Waals surface area contributed by atoms with Crippen LogP contribution >= 0.6 is 11.8 Å². The Hall–Kier alpha value is -1.00. The molecule has 0 aliphatic carbocycles. The summed E-state index contributed by atoms with van der Waals surface area (Å²) in [5.41, 5.74) is 6.43. The third-order valence-corrected chi connectivity index (χ3v) is 4.93. The van der Waals surface area contributed by atoms with Gasteiger partial charge in [0.1, 0.15) is 0 Å². The van der Waals surface area contributed by atoms with E-state index < -0.39 is 0 Å². The van der Waals surface area contributed by atoms with Crippen LogP contribution < -0.4 is 10.6 Å². The van der Waals surface area contributed by atoms with E-state index in [9.17, 15) is 4.79 Å². The fourth-order valence-electron chi connectivity index (χ4n) is 2.43. The standard InChI is InChI=1S/C15H22N2OS/c1-9-5-10(2)12(4)13(11(9)3)6-16-15(18)14-7-19-8-17-14/h5,14,17H,6-8H2,1-4H3,(H,16,18). The van der Waals surface area contributed by atoms with E-state index in [1.165, 1.54) is 27.8 Å². The van der Waals surface area contributed by atoms with Crippen LogP contribution in [0.4, 0.5) is 0 Å². The van der Waals surface area contributed by atoms with Gasteiger partial charge in [-0.25, -0.2) is 0 Å². The van der Waals surface area contributed by atoms with Crippen molar-refractivity contribution in [3.63, 3.8) is 0 Å². The second-order valence-corrected chi connectivity index (χ2v) is 6.26. The Balaban J connectivity index is 2.09. The predicted molar refractivity (Wildman–Crippen MR) is 81.5 cm³/mol. The average molecular weight is 278 g/mol. The summed E-state index contributed by atoms with van der Waals surface area (Å²) in [5, 5.41) is 6.26. The van der Waals surface area contributed by atoms with Crippen LogP contribution in [0.1, 0.15) is 27.8 Å². The molecule has 1 amide bonds. The molecule has 1 heterocycles. The highest BCUT2D eigenvalue weighted by Gasteiger charge is 2.22. The molecule has 3 nitrogen and oxygen atoms in total. The lowest BCUT2D eigenvalue weighted by atomic mass is 9.94. The summed E-state index contributed by atoms with van der Waals surface area (Å²) >= 11 is 1.77. The van der Waals surface area contributed by atoms with Crippen LogP contribution in [0.3, 0.4) is 0 Å². The number of aryl methyl sites for hydroxylation is 2. The summed E-state index contributed by atoms with van der Waals surface area (Å²) in [5.74, 6) is 1.86. The highest BCUT2D eigenvalue weighted by molar-refractivity contribution is 7.99. The topological polar surface area (TPSA) is 41.1 Å². The van der Waals surface area contributed by atoms with Crippen LogP contribution in [0.5, 0.6) is 0 Å². The van der Waals surface area contributed by atoms with E-state index in [0.717, 1.165) is 11.6 Å². The molecule has 1 fully saturated rings. The van der Waals surface area contributed by atoms with Crippen LogP contribution in [0.25, 0.3) is 0 Å². The minimum Gasteiger partial charge on any atom is -0.351 e. The van der Waals surface area contributed by atoms with Crippen molar-refractivity contribution >= 4 is 17.7 Å². The third kappa shape index (κ3) is 3.12. The van der Waals surface area contributed by atoms with Crippen molar-refractivity contribution in [2.45, 2.75) is 40.3 Å². The number of carbonyl (C=O) groups excluding carboxylic acids is 1. The largest absolute Gasteiger partial charge is 0.351 e. The van der Waals surface area contributed by atoms with Gasteiger partial charge in [0.25, 0.3) is 0 Å². The molecular formula is C15H22N2OS. The Labute approximate surface area is 119 Å². The number of rotatable bonds is 3. The number of carbonyl (C=O) groups is 1. The molecule has 19 heavy (non-hydrogen) atoms. The molecule has 1 atom stereocenters. The number of hydrogen-bond acceptors (Lipinski definition) is 3. The molecule has 1 aliphatic rings. The van der Waals surface area contributed by atoms with Gasteiger partial charge in [0.2, 0.25) is 5.91 Å². The minimum absolute atomic E-state index is 0.0310. The van der Waals surface area contributed by atoms with Crippen molar-refractivity contribution in [3.8, 4) is 0 Å². The van der Waals surface area contributed by atoms with Gasteiger partial charge in [-0.15, -0.1) is 11.8 Å². The molecule has 1 saturated heterocycles. The lowest BCUT2D eigenvalue weighted by molar-refractivity contribution is -0.122. The van der Waals surface area contributed by atoms with Gasteiger partial charge in [-0.1, -0.05) is 6.07 Å². The Bertz CT molecular complexity index is 467. The Kier molecular flexibility index (Phi) is 4.53. The summed E-state index contributed by atoms with van der Waals surface area (Å²) in [6, 6.07) is 2.18. The number of benzene rings is 1. The average Bonchev–Trinajstić information content (AvgIpc) is 2.90. The predicted octanol–water partition coefficient (Wildman–Crippen LogP) is 2.20. The fourth-order valence-corrected chi connectivity index (χ4v) is 3.37. The van der Waals surface area contributed by atoms with Gasteiger partial charge in [0.15, 0.2) is 0 Å². The number of hydrogen-bond donors (Lipinski definition) is 2. The summed E-state index contributed by atoms with van der Waals surface area (Å²) < 4.78 is 0. The summed E-state index contributed by atoms with van der Waals surface area (Å²) in [6.07, 6.45) is 0. The van der Waals surface area contributed by atoms with Crippen molar-refractivity contribution in [2.75, 3.05) is 11.6 Å². The smallest absolute Gasteiger partial charge is 0.238 e. The van der Waals surface area contributed by atoms with E-state index in [4.69, 9.17) is 0 Å². The zero-order valence-corrected chi connectivity index (χ0v) is 12.9. The first-order valence-corrected chi connectivity index (χ1v) is 7.81. The van der Waals surface area contributed by atoms with Crippen LogP contribution in [-0.2, 0) is 11.3 Å². The van der Waals surface area contributed by atoms with E-state index in [0.29, 0.717) is 6.54 Å². The molecule has 1 unspecified atom stereocenters. The third-order valence-electron chi connectivity index (χ3n) is 3.99. The summed E-state index contributed by atoms with van der Waals surface area (Å²) in [7, 11) is 0. The Morgan fingerprint density at radius 1 is 1.32 bits per heavy atom. The zero-order chi connectivity index (χ0) is 14.0. The van der Waals surface area contributed by atoms with Gasteiger partial charge in [0.05, 0.1) is 6.04 Å². The second kappa shape index (κ2) is 5.97. The van der Waals surface area contributed by atoms with Crippen molar-refractivity contribution in [3.05, 3.63) is 33.9 Å². The quantitative estimate of drug-likeness (QED) is 0.890. The monoisotopic (exact) mass is 278 g/mol. The molecule has 1 aliphatic heterocycles. The Morgan fingerprint density at radius 2 is 1.95 bits per heavy atom. The minimum atomic E-state index is -0.0310. The summed E-state index contributed by atoms with van der Waals surface area (Å²) in [4.78, 5) is 12.0. The molecular weight excluding hydrogens is 256 g/mol. The van der Waals surface area contributed by atoms with E-state index in [1.54, 1.807) is 11.8 Å². The maximum Gasteiger partial charge on any atom is 0.238 e. The molecule has 104 valence electrons. The zero-order valence-electron chi connectivity index (χ0n) is 12.1. The van der Waals surface area contributed by atoms with Crippen LogP contribution in [-0.4, -0.2) is 23.6 Å². The highest BCUT2D eigenvalue weighted by Crippen LogP contribution is 2.21. The lowest BCUT2D eigenvalue weighted by Crippen LogP contribution is -2.41. The molecule has 0 spiro atoms. The maximum absolute atomic E-state index is 12.0. The van der Waals surface area contributed by atoms with Crippen molar-refractivity contribution in [2.24, 2.45) is 0 Å². The number of amides is 1. The molecule has 0 radical (unpaired) electrons. The summed E-state index contributed by atoms with van der Waals surface area (Å²) in [6.45, 7) is 9.15. The SMILES string of the molecule is Cc1cc(C)c(C)c(CNC(=O)C2CSCN2)c1C. The van der Waals surface area contributed by atoms with Crippen LogP contribution in [0, 0.1) is 27.7 Å². The van der Waals surface area contributed by atoms with E-state index >= 15 is 0 Å². The van der Waals surface area contributed by atoms with Gasteiger partial charge in [-0.05, 0) is 55.5 Å². The van der Waals surface area contributed by atoms with Gasteiger partial charge in [-0.2, -0.15) is 0 Å². The van der Waals surface area contributed by atoms with Crippen molar-refractivity contribution in [1.82, 2.24) is 10.6 Å². The normalized spacial score (nSPS) is 18.6. The molecule has 0 bridgehead atoms. The Morgan fingerprint density at radius 3 is 2.47 bits per heavy atom. The molecule has 2 N–H and O–H groups in total. The second-order valence-electron chi connectivity index (χ2n) is 5.23. The van der Waals surface area contributed by atoms with Crippen molar-refractivity contribution < 1.29 is 4.79 Å². The van der Waals surface area contributed by atoms with E-state index in [-0.39, 0.29) is 11.9 Å². The molecule has 2 rings (SSSR count). The molecule has 1 aromatic carbocycles. The highest BCUT2D eigenvalue weighted by atomic mass is 32.2. The first-order valence-electron chi connectivity index (χ1n) is 6.66. The number of nitrogens with one attached hydrogen (secondary N) is 2. The first-order chi connectivity index (χ1) is 9.00. The molecule has 1 aromatic rings. The molecule has 4 heteroatoms. The molecule has 0 saturated carbocycles.